The molecule has 2 bridgehead atoms. The average molecular weight is 292 g/mol. The second-order valence-corrected chi connectivity index (χ2v) is 6.24. The van der Waals surface area contributed by atoms with E-state index in [1.807, 2.05) is 18.2 Å². The van der Waals surface area contributed by atoms with Crippen LogP contribution in [0.4, 0.5) is 0 Å². The Balaban J connectivity index is 2.05. The summed E-state index contributed by atoms with van der Waals surface area (Å²) in [5.74, 6) is 1.75. The summed E-state index contributed by atoms with van der Waals surface area (Å²) in [4.78, 5) is 2.14. The highest BCUT2D eigenvalue weighted by molar-refractivity contribution is 7.80. The van der Waals surface area contributed by atoms with Gasteiger partial charge in [0.1, 0.15) is 11.5 Å². The molecule has 0 aliphatic carbocycles. The molecule has 1 saturated heterocycles. The monoisotopic (exact) mass is 292 g/mol. The Hall–Kier alpha value is -1.49. The number of benzene rings is 1. The van der Waals surface area contributed by atoms with Gasteiger partial charge in [0.05, 0.1) is 13.2 Å². The van der Waals surface area contributed by atoms with E-state index in [0.29, 0.717) is 6.04 Å². The van der Waals surface area contributed by atoms with Gasteiger partial charge in [-0.1, -0.05) is 0 Å². The van der Waals surface area contributed by atoms with Gasteiger partial charge in [-0.25, -0.2) is 0 Å². The molecule has 108 valence electrons. The molecule has 2 aliphatic rings. The Labute approximate surface area is 125 Å². The molecule has 0 spiro atoms. The number of fused-ring (bicyclic) bond motifs is 4. The van der Waals surface area contributed by atoms with Gasteiger partial charge in [0.15, 0.2) is 10.8 Å². The minimum atomic E-state index is -0.386. The van der Waals surface area contributed by atoms with Crippen LogP contribution in [0.25, 0.3) is 0 Å². The van der Waals surface area contributed by atoms with Gasteiger partial charge in [0.25, 0.3) is 0 Å². The number of hydrogen-bond acceptors (Lipinski definition) is 3. The fourth-order valence-electron chi connectivity index (χ4n) is 3.28. The molecular formula is C15H20N2O2S. The molecule has 2 aliphatic heterocycles. The smallest absolute Gasteiger partial charge is 0.184 e. The maximum atomic E-state index is 6.28. The van der Waals surface area contributed by atoms with Gasteiger partial charge in [-0.2, -0.15) is 0 Å². The minimum absolute atomic E-state index is 0.182. The van der Waals surface area contributed by atoms with Crippen molar-refractivity contribution in [1.82, 2.24) is 10.2 Å². The van der Waals surface area contributed by atoms with Gasteiger partial charge < -0.3 is 19.7 Å². The molecule has 2 heterocycles. The maximum absolute atomic E-state index is 6.28. The molecule has 1 N–H and O–H groups in total. The fraction of sp³-hybridized carbons (Fsp3) is 0.533. The van der Waals surface area contributed by atoms with E-state index in [-0.39, 0.29) is 11.8 Å². The summed E-state index contributed by atoms with van der Waals surface area (Å²) >= 11 is 5.52. The van der Waals surface area contributed by atoms with Crippen LogP contribution in [0.3, 0.4) is 0 Å². The summed E-state index contributed by atoms with van der Waals surface area (Å²) in [6, 6.07) is 6.41. The van der Waals surface area contributed by atoms with Gasteiger partial charge in [-0.05, 0) is 51.2 Å². The summed E-state index contributed by atoms with van der Waals surface area (Å²) in [6.07, 6.45) is 0.867. The van der Waals surface area contributed by atoms with Crippen LogP contribution in [0.15, 0.2) is 18.2 Å². The summed E-state index contributed by atoms with van der Waals surface area (Å²) in [5, 5.41) is 4.19. The zero-order valence-corrected chi connectivity index (χ0v) is 13.1. The summed E-state index contributed by atoms with van der Waals surface area (Å²) in [7, 11) is 1.68. The van der Waals surface area contributed by atoms with Crippen molar-refractivity contribution in [1.29, 1.82) is 0 Å². The first-order valence-corrected chi connectivity index (χ1v) is 7.32. The van der Waals surface area contributed by atoms with E-state index in [0.717, 1.165) is 28.6 Å². The topological polar surface area (TPSA) is 33.7 Å². The third kappa shape index (κ3) is 1.92. The first-order chi connectivity index (χ1) is 9.44. The molecule has 20 heavy (non-hydrogen) atoms. The standard InChI is InChI=1S/C15H20N2O2S/c1-9(2)17-14(20)16-12-8-15(17,3)19-13-6-5-10(18-4)7-11(12)13/h5-7,9,12H,8H2,1-4H3,(H,16,20). The Bertz CT molecular complexity index is 561. The van der Waals surface area contributed by atoms with Crippen molar-refractivity contribution in [3.63, 3.8) is 0 Å². The van der Waals surface area contributed by atoms with Crippen LogP contribution < -0.4 is 14.8 Å². The van der Waals surface area contributed by atoms with Gasteiger partial charge in [-0.15, -0.1) is 0 Å². The molecule has 0 aromatic heterocycles. The first kappa shape index (κ1) is 13.5. The SMILES string of the molecule is COc1ccc2c(c1)C1CC(C)(O2)N(C(C)C)C(=S)N1. The predicted octanol–water partition coefficient (Wildman–Crippen LogP) is 2.83. The van der Waals surface area contributed by atoms with E-state index >= 15 is 0 Å². The predicted molar refractivity (Wildman–Crippen MR) is 82.1 cm³/mol. The Morgan fingerprint density at radius 3 is 2.90 bits per heavy atom. The van der Waals surface area contributed by atoms with Crippen molar-refractivity contribution in [3.05, 3.63) is 23.8 Å². The average Bonchev–Trinajstić information content (AvgIpc) is 2.36. The van der Waals surface area contributed by atoms with E-state index < -0.39 is 0 Å². The van der Waals surface area contributed by atoms with Crippen molar-refractivity contribution in [2.24, 2.45) is 0 Å². The number of nitrogens with zero attached hydrogens (tertiary/aromatic N) is 1. The summed E-state index contributed by atoms with van der Waals surface area (Å²) < 4.78 is 11.6. The molecule has 3 rings (SSSR count). The normalized spacial score (nSPS) is 27.8. The highest BCUT2D eigenvalue weighted by atomic mass is 32.1. The first-order valence-electron chi connectivity index (χ1n) is 6.91. The molecule has 2 atom stereocenters. The van der Waals surface area contributed by atoms with Gasteiger partial charge in [-0.3, -0.25) is 0 Å². The van der Waals surface area contributed by atoms with Crippen molar-refractivity contribution in [2.45, 2.75) is 45.0 Å². The number of methoxy groups -OCH3 is 1. The molecule has 0 saturated carbocycles. The van der Waals surface area contributed by atoms with E-state index in [9.17, 15) is 0 Å². The molecule has 0 amide bonds. The lowest BCUT2D eigenvalue weighted by Crippen LogP contribution is -2.66. The lowest BCUT2D eigenvalue weighted by molar-refractivity contribution is -0.0808. The van der Waals surface area contributed by atoms with Gasteiger partial charge in [0.2, 0.25) is 0 Å². The molecule has 1 fully saturated rings. The van der Waals surface area contributed by atoms with Crippen molar-refractivity contribution >= 4 is 17.3 Å². The highest BCUT2D eigenvalue weighted by Gasteiger charge is 2.48. The Morgan fingerprint density at radius 2 is 2.25 bits per heavy atom. The van der Waals surface area contributed by atoms with E-state index in [1.165, 1.54) is 0 Å². The maximum Gasteiger partial charge on any atom is 0.184 e. The Kier molecular flexibility index (Phi) is 3.05. The van der Waals surface area contributed by atoms with Crippen LogP contribution in [-0.4, -0.2) is 28.9 Å². The van der Waals surface area contributed by atoms with Gasteiger partial charge in [0, 0.05) is 18.0 Å². The highest BCUT2D eigenvalue weighted by Crippen LogP contribution is 2.45. The van der Waals surface area contributed by atoms with Crippen molar-refractivity contribution in [2.75, 3.05) is 7.11 Å². The Morgan fingerprint density at radius 1 is 1.50 bits per heavy atom. The summed E-state index contributed by atoms with van der Waals surface area (Å²) in [6.45, 7) is 6.37. The van der Waals surface area contributed by atoms with E-state index in [4.69, 9.17) is 21.7 Å². The molecule has 2 unspecified atom stereocenters. The van der Waals surface area contributed by atoms with Crippen LogP contribution in [0.1, 0.15) is 38.8 Å². The van der Waals surface area contributed by atoms with Crippen molar-refractivity contribution < 1.29 is 9.47 Å². The van der Waals surface area contributed by atoms with E-state index in [1.54, 1.807) is 7.11 Å². The lowest BCUT2D eigenvalue weighted by atomic mass is 9.90. The van der Waals surface area contributed by atoms with Crippen LogP contribution in [0, 0.1) is 0 Å². The molecular weight excluding hydrogens is 272 g/mol. The van der Waals surface area contributed by atoms with Crippen LogP contribution in [0.2, 0.25) is 0 Å². The second kappa shape index (κ2) is 4.52. The number of rotatable bonds is 2. The molecule has 5 heteroatoms. The number of hydrogen-bond donors (Lipinski definition) is 1. The van der Waals surface area contributed by atoms with Crippen molar-refractivity contribution in [3.8, 4) is 11.5 Å². The van der Waals surface area contributed by atoms with Crippen LogP contribution >= 0.6 is 12.2 Å². The zero-order valence-electron chi connectivity index (χ0n) is 12.3. The third-order valence-corrected chi connectivity index (χ3v) is 4.36. The minimum Gasteiger partial charge on any atom is -0.497 e. The molecule has 0 radical (unpaired) electrons. The van der Waals surface area contributed by atoms with E-state index in [2.05, 4.69) is 31.0 Å². The van der Waals surface area contributed by atoms with Gasteiger partial charge >= 0.3 is 0 Å². The lowest BCUT2D eigenvalue weighted by Gasteiger charge is -2.53. The number of thiocarbonyl (C=S) groups is 1. The summed E-state index contributed by atoms with van der Waals surface area (Å²) in [5.41, 5.74) is 0.732. The van der Waals surface area contributed by atoms with Crippen LogP contribution in [0.5, 0.6) is 11.5 Å². The zero-order chi connectivity index (χ0) is 14.5. The molecule has 1 aromatic rings. The fourth-order valence-corrected chi connectivity index (χ4v) is 3.82. The van der Waals surface area contributed by atoms with Crippen LogP contribution in [-0.2, 0) is 0 Å². The number of nitrogens with one attached hydrogen (secondary N) is 1. The molecule has 4 nitrogen and oxygen atoms in total. The second-order valence-electron chi connectivity index (χ2n) is 5.85. The molecule has 1 aromatic carbocycles. The number of ether oxygens (including phenoxy) is 2. The third-order valence-electron chi connectivity index (χ3n) is 4.05. The largest absolute Gasteiger partial charge is 0.497 e. The quantitative estimate of drug-likeness (QED) is 0.848.